The molecule has 0 bridgehead atoms. The van der Waals surface area contributed by atoms with E-state index in [1.165, 1.54) is 4.40 Å². The zero-order chi connectivity index (χ0) is 17.3. The van der Waals surface area contributed by atoms with Crippen LogP contribution >= 0.6 is 0 Å². The molecule has 0 fully saturated rings. The number of aryl methyl sites for hydroxylation is 3. The summed E-state index contributed by atoms with van der Waals surface area (Å²) < 4.78 is 1.45. The van der Waals surface area contributed by atoms with Gasteiger partial charge in [0.2, 0.25) is 5.91 Å². The van der Waals surface area contributed by atoms with Gasteiger partial charge < -0.3 is 5.32 Å². The molecule has 0 aliphatic rings. The summed E-state index contributed by atoms with van der Waals surface area (Å²) in [5.74, 6) is -0.227. The Hall–Kier alpha value is -2.95. The van der Waals surface area contributed by atoms with E-state index in [0.717, 1.165) is 16.7 Å². The van der Waals surface area contributed by atoms with Crippen LogP contribution in [0.15, 0.2) is 47.4 Å². The first-order valence-electron chi connectivity index (χ1n) is 7.79. The molecule has 0 atom stereocenters. The Labute approximate surface area is 140 Å². The molecule has 1 N–H and O–H groups in total. The minimum atomic E-state index is -0.268. The van der Waals surface area contributed by atoms with Gasteiger partial charge in [-0.1, -0.05) is 29.8 Å². The first kappa shape index (κ1) is 15.9. The van der Waals surface area contributed by atoms with Crippen LogP contribution in [0, 0.1) is 20.8 Å². The fourth-order valence-electron chi connectivity index (χ4n) is 2.69. The minimum Gasteiger partial charge on any atom is -0.320 e. The second-order valence-corrected chi connectivity index (χ2v) is 6.02. The molecule has 5 nitrogen and oxygen atoms in total. The molecule has 0 spiro atoms. The normalized spacial score (nSPS) is 10.8. The van der Waals surface area contributed by atoms with Gasteiger partial charge in [0.25, 0.3) is 5.56 Å². The average Bonchev–Trinajstić information content (AvgIpc) is 2.51. The number of hydrogen-bond donors (Lipinski definition) is 1. The molecule has 0 unspecified atom stereocenters. The van der Waals surface area contributed by atoms with E-state index in [1.807, 2.05) is 50.2 Å². The molecule has 2 aromatic heterocycles. The highest BCUT2D eigenvalue weighted by molar-refractivity contribution is 5.92. The molecular formula is C19H19N3O2. The number of amides is 1. The average molecular weight is 321 g/mol. The molecule has 0 saturated heterocycles. The van der Waals surface area contributed by atoms with Crippen molar-refractivity contribution in [1.82, 2.24) is 9.38 Å². The topological polar surface area (TPSA) is 63.5 Å². The molecule has 2 heterocycles. The molecule has 0 aliphatic carbocycles. The van der Waals surface area contributed by atoms with E-state index >= 15 is 0 Å². The summed E-state index contributed by atoms with van der Waals surface area (Å²) >= 11 is 0. The highest BCUT2D eigenvalue weighted by atomic mass is 16.2. The van der Waals surface area contributed by atoms with E-state index in [9.17, 15) is 9.59 Å². The fraction of sp³-hybridized carbons (Fsp3) is 0.211. The third-order valence-electron chi connectivity index (χ3n) is 3.88. The SMILES string of the molecule is Cc1cccc(CC(=O)Nc2c(C)nc3cc(C)ccn3c2=O)c1. The fourth-order valence-corrected chi connectivity index (χ4v) is 2.69. The summed E-state index contributed by atoms with van der Waals surface area (Å²) in [7, 11) is 0. The predicted octanol–water partition coefficient (Wildman–Crippen LogP) is 2.80. The van der Waals surface area contributed by atoms with Crippen molar-refractivity contribution in [2.75, 3.05) is 5.32 Å². The molecule has 1 amide bonds. The maximum Gasteiger partial charge on any atom is 0.281 e. The van der Waals surface area contributed by atoms with Crippen molar-refractivity contribution in [2.24, 2.45) is 0 Å². The largest absolute Gasteiger partial charge is 0.320 e. The van der Waals surface area contributed by atoms with Crippen LogP contribution in [0.1, 0.15) is 22.4 Å². The molecule has 0 aliphatic heterocycles. The Morgan fingerprint density at radius 3 is 2.62 bits per heavy atom. The molecule has 0 saturated carbocycles. The Morgan fingerprint density at radius 2 is 1.88 bits per heavy atom. The molecule has 24 heavy (non-hydrogen) atoms. The molecule has 1 aromatic carbocycles. The number of nitrogens with zero attached hydrogens (tertiary/aromatic N) is 2. The lowest BCUT2D eigenvalue weighted by Crippen LogP contribution is -2.25. The Bertz CT molecular complexity index is 990. The first-order chi connectivity index (χ1) is 11.4. The van der Waals surface area contributed by atoms with Crippen molar-refractivity contribution in [3.63, 3.8) is 0 Å². The van der Waals surface area contributed by atoms with Gasteiger partial charge in [-0.15, -0.1) is 0 Å². The quantitative estimate of drug-likeness (QED) is 0.807. The molecule has 3 rings (SSSR count). The van der Waals surface area contributed by atoms with Crippen LogP contribution in [-0.2, 0) is 11.2 Å². The summed E-state index contributed by atoms with van der Waals surface area (Å²) in [6, 6.07) is 11.4. The number of nitrogens with one attached hydrogen (secondary N) is 1. The van der Waals surface area contributed by atoms with Crippen LogP contribution in [0.5, 0.6) is 0 Å². The number of carbonyl (C=O) groups is 1. The molecule has 5 heteroatoms. The second-order valence-electron chi connectivity index (χ2n) is 6.02. The smallest absolute Gasteiger partial charge is 0.281 e. The minimum absolute atomic E-state index is 0.219. The number of benzene rings is 1. The van der Waals surface area contributed by atoms with E-state index in [2.05, 4.69) is 10.3 Å². The van der Waals surface area contributed by atoms with Gasteiger partial charge in [0, 0.05) is 6.20 Å². The van der Waals surface area contributed by atoms with Crippen molar-refractivity contribution >= 4 is 17.2 Å². The number of pyridine rings is 1. The van der Waals surface area contributed by atoms with E-state index in [4.69, 9.17) is 0 Å². The summed E-state index contributed by atoms with van der Waals surface area (Å²) in [5, 5.41) is 2.72. The van der Waals surface area contributed by atoms with Gasteiger partial charge in [-0.05, 0) is 44.0 Å². The van der Waals surface area contributed by atoms with Gasteiger partial charge in [-0.2, -0.15) is 0 Å². The van der Waals surface area contributed by atoms with E-state index in [-0.39, 0.29) is 23.6 Å². The number of fused-ring (bicyclic) bond motifs is 1. The van der Waals surface area contributed by atoms with Gasteiger partial charge in [0.15, 0.2) is 0 Å². The zero-order valence-electron chi connectivity index (χ0n) is 14.0. The summed E-state index contributed by atoms with van der Waals surface area (Å²) in [4.78, 5) is 29.3. The van der Waals surface area contributed by atoms with E-state index < -0.39 is 0 Å². The first-order valence-corrected chi connectivity index (χ1v) is 7.79. The van der Waals surface area contributed by atoms with Crippen LogP contribution in [0.4, 0.5) is 5.69 Å². The predicted molar refractivity (Wildman–Crippen MR) is 94.4 cm³/mol. The Kier molecular flexibility index (Phi) is 4.16. The van der Waals surface area contributed by atoms with Gasteiger partial charge in [-0.25, -0.2) is 4.98 Å². The number of carbonyl (C=O) groups excluding carboxylic acids is 1. The van der Waals surface area contributed by atoms with Gasteiger partial charge >= 0.3 is 0 Å². The van der Waals surface area contributed by atoms with Gasteiger partial charge in [-0.3, -0.25) is 14.0 Å². The molecule has 3 aromatic rings. The molecule has 122 valence electrons. The number of aromatic nitrogens is 2. The number of anilines is 1. The maximum absolute atomic E-state index is 12.6. The summed E-state index contributed by atoms with van der Waals surface area (Å²) in [6.07, 6.45) is 1.90. The number of hydrogen-bond acceptors (Lipinski definition) is 3. The zero-order valence-corrected chi connectivity index (χ0v) is 14.0. The lowest BCUT2D eigenvalue weighted by Gasteiger charge is -2.10. The standard InChI is InChI=1S/C19H19N3O2/c1-12-5-4-6-15(9-12)11-17(23)21-18-14(3)20-16-10-13(2)7-8-22(16)19(18)24/h4-10H,11H2,1-3H3,(H,21,23). The highest BCUT2D eigenvalue weighted by Gasteiger charge is 2.13. The Balaban J connectivity index is 1.91. The third-order valence-corrected chi connectivity index (χ3v) is 3.88. The van der Waals surface area contributed by atoms with Crippen LogP contribution in [-0.4, -0.2) is 15.3 Å². The van der Waals surface area contributed by atoms with Gasteiger partial charge in [0.1, 0.15) is 11.3 Å². The van der Waals surface area contributed by atoms with Crippen molar-refractivity contribution in [1.29, 1.82) is 0 Å². The number of rotatable bonds is 3. The Morgan fingerprint density at radius 1 is 1.12 bits per heavy atom. The monoisotopic (exact) mass is 321 g/mol. The molecule has 0 radical (unpaired) electrons. The van der Waals surface area contributed by atoms with Gasteiger partial charge in [0.05, 0.1) is 12.1 Å². The van der Waals surface area contributed by atoms with Crippen LogP contribution in [0.3, 0.4) is 0 Å². The van der Waals surface area contributed by atoms with Crippen molar-refractivity contribution in [3.8, 4) is 0 Å². The highest BCUT2D eigenvalue weighted by Crippen LogP contribution is 2.11. The van der Waals surface area contributed by atoms with Crippen LogP contribution in [0.25, 0.3) is 5.65 Å². The van der Waals surface area contributed by atoms with E-state index in [1.54, 1.807) is 13.1 Å². The summed E-state index contributed by atoms with van der Waals surface area (Å²) in [5.41, 5.74) is 4.09. The van der Waals surface area contributed by atoms with Crippen molar-refractivity contribution in [3.05, 3.63) is 75.3 Å². The third kappa shape index (κ3) is 3.20. The molecular weight excluding hydrogens is 302 g/mol. The lowest BCUT2D eigenvalue weighted by molar-refractivity contribution is -0.115. The lowest BCUT2D eigenvalue weighted by atomic mass is 10.1. The van der Waals surface area contributed by atoms with Crippen molar-refractivity contribution < 1.29 is 4.79 Å². The summed E-state index contributed by atoms with van der Waals surface area (Å²) in [6.45, 7) is 5.65. The van der Waals surface area contributed by atoms with Crippen molar-refractivity contribution in [2.45, 2.75) is 27.2 Å². The van der Waals surface area contributed by atoms with E-state index in [0.29, 0.717) is 11.3 Å². The second kappa shape index (κ2) is 6.28. The van der Waals surface area contributed by atoms with Crippen LogP contribution < -0.4 is 10.9 Å². The van der Waals surface area contributed by atoms with Crippen LogP contribution in [0.2, 0.25) is 0 Å². The maximum atomic E-state index is 12.6.